The molecule has 1 nitrogen and oxygen atoms in total. The molecule has 0 saturated carbocycles. The van der Waals surface area contributed by atoms with Gasteiger partial charge in [0.2, 0.25) is 0 Å². The molecule has 25 heavy (non-hydrogen) atoms. The second kappa shape index (κ2) is 7.84. The van der Waals surface area contributed by atoms with Crippen molar-refractivity contribution >= 4 is 11.1 Å². The molecule has 1 atom stereocenters. The Bertz CT molecular complexity index is 742. The third-order valence-electron chi connectivity index (χ3n) is 5.58. The van der Waals surface area contributed by atoms with Gasteiger partial charge in [0.05, 0.1) is 0 Å². The molecule has 2 aliphatic rings. The molecule has 128 valence electrons. The number of nitrogens with zero attached hydrogens (tertiary/aromatic N) is 1. The average Bonchev–Trinajstić information content (AvgIpc) is 2.70. The summed E-state index contributed by atoms with van der Waals surface area (Å²) in [6, 6.07) is 21.8. The van der Waals surface area contributed by atoms with Gasteiger partial charge in [0.25, 0.3) is 0 Å². The molecule has 0 saturated heterocycles. The first-order chi connectivity index (χ1) is 12.4. The van der Waals surface area contributed by atoms with Gasteiger partial charge in [0.1, 0.15) is 0 Å². The molecule has 2 aromatic rings. The van der Waals surface area contributed by atoms with Gasteiger partial charge in [-0.15, -0.1) is 0 Å². The van der Waals surface area contributed by atoms with Crippen molar-refractivity contribution in [2.75, 3.05) is 19.6 Å². The van der Waals surface area contributed by atoms with Crippen LogP contribution < -0.4 is 0 Å². The molecule has 0 bridgehead atoms. The van der Waals surface area contributed by atoms with Crippen molar-refractivity contribution in [3.8, 4) is 0 Å². The number of benzene rings is 2. The van der Waals surface area contributed by atoms with Crippen LogP contribution in [0.1, 0.15) is 36.8 Å². The van der Waals surface area contributed by atoms with E-state index in [1.165, 1.54) is 55.5 Å². The highest BCUT2D eigenvalue weighted by atomic mass is 15.1. The van der Waals surface area contributed by atoms with Crippen LogP contribution in [0.2, 0.25) is 0 Å². The van der Waals surface area contributed by atoms with Gasteiger partial charge >= 0.3 is 0 Å². The lowest BCUT2D eigenvalue weighted by molar-refractivity contribution is 0.266. The second-order valence-corrected chi connectivity index (χ2v) is 7.26. The Balaban J connectivity index is 1.43. The average molecular weight is 329 g/mol. The minimum Gasteiger partial charge on any atom is -0.299 e. The van der Waals surface area contributed by atoms with E-state index in [1.807, 2.05) is 0 Å². The zero-order chi connectivity index (χ0) is 16.9. The summed E-state index contributed by atoms with van der Waals surface area (Å²) in [5.74, 6) is 0.683. The highest BCUT2D eigenvalue weighted by Gasteiger charge is 2.23. The van der Waals surface area contributed by atoms with Gasteiger partial charge in [0.15, 0.2) is 0 Å². The van der Waals surface area contributed by atoms with Gasteiger partial charge in [0, 0.05) is 19.6 Å². The molecule has 0 spiro atoms. The van der Waals surface area contributed by atoms with E-state index in [2.05, 4.69) is 77.7 Å². The third-order valence-corrected chi connectivity index (χ3v) is 5.58. The summed E-state index contributed by atoms with van der Waals surface area (Å²) in [5, 5.41) is 0. The van der Waals surface area contributed by atoms with Crippen molar-refractivity contribution in [1.29, 1.82) is 0 Å². The van der Waals surface area contributed by atoms with Crippen LogP contribution in [-0.4, -0.2) is 24.5 Å². The predicted octanol–water partition coefficient (Wildman–Crippen LogP) is 5.66. The molecule has 1 aliphatic heterocycles. The van der Waals surface area contributed by atoms with E-state index in [9.17, 15) is 0 Å². The van der Waals surface area contributed by atoms with E-state index in [4.69, 9.17) is 0 Å². The van der Waals surface area contributed by atoms with E-state index < -0.39 is 0 Å². The van der Waals surface area contributed by atoms with Crippen molar-refractivity contribution in [3.63, 3.8) is 0 Å². The lowest BCUT2D eigenvalue weighted by Crippen LogP contribution is -2.34. The van der Waals surface area contributed by atoms with Gasteiger partial charge in [-0.25, -0.2) is 0 Å². The third kappa shape index (κ3) is 3.93. The Kier molecular flexibility index (Phi) is 5.13. The Labute approximate surface area is 151 Å². The van der Waals surface area contributed by atoms with Gasteiger partial charge in [-0.1, -0.05) is 72.8 Å². The topological polar surface area (TPSA) is 3.24 Å². The molecule has 1 heterocycles. The molecule has 0 radical (unpaired) electrons. The van der Waals surface area contributed by atoms with Crippen molar-refractivity contribution < 1.29 is 0 Å². The fraction of sp³-hybridized carbons (Fsp3) is 0.333. The summed E-state index contributed by atoms with van der Waals surface area (Å²) in [6.07, 6.45) is 9.98. The number of hydrogen-bond donors (Lipinski definition) is 0. The summed E-state index contributed by atoms with van der Waals surface area (Å²) >= 11 is 0. The van der Waals surface area contributed by atoms with Gasteiger partial charge in [-0.05, 0) is 53.9 Å². The first-order valence-corrected chi connectivity index (χ1v) is 9.62. The van der Waals surface area contributed by atoms with Gasteiger partial charge in [-0.3, -0.25) is 4.90 Å². The Morgan fingerprint density at radius 3 is 2.24 bits per heavy atom. The number of rotatable bonds is 4. The summed E-state index contributed by atoms with van der Waals surface area (Å²) in [5.41, 5.74) is 5.90. The summed E-state index contributed by atoms with van der Waals surface area (Å²) in [4.78, 5) is 2.64. The molecule has 1 heteroatoms. The summed E-state index contributed by atoms with van der Waals surface area (Å²) < 4.78 is 0. The van der Waals surface area contributed by atoms with Crippen LogP contribution >= 0.6 is 0 Å². The van der Waals surface area contributed by atoms with Crippen LogP contribution in [-0.2, 0) is 0 Å². The molecule has 1 unspecified atom stereocenters. The normalized spacial score (nSPS) is 21.5. The molecule has 4 rings (SSSR count). The smallest absolute Gasteiger partial charge is 0.0169 e. The second-order valence-electron chi connectivity index (χ2n) is 7.26. The van der Waals surface area contributed by atoms with Gasteiger partial charge in [-0.2, -0.15) is 0 Å². The highest BCUT2D eigenvalue weighted by molar-refractivity contribution is 5.68. The molecule has 0 aromatic heterocycles. The SMILES string of the molecule is C1=C(c2ccccc2)CCN(CC2CCCC=C2c2ccccc2)C1. The first kappa shape index (κ1) is 16.4. The van der Waals surface area contributed by atoms with E-state index >= 15 is 0 Å². The molecular weight excluding hydrogens is 302 g/mol. The highest BCUT2D eigenvalue weighted by Crippen LogP contribution is 2.34. The molecule has 0 amide bonds. The van der Waals surface area contributed by atoms with Crippen LogP contribution in [0.3, 0.4) is 0 Å². The van der Waals surface area contributed by atoms with E-state index in [0.717, 1.165) is 6.54 Å². The van der Waals surface area contributed by atoms with Crippen molar-refractivity contribution in [2.45, 2.75) is 25.7 Å². The minimum absolute atomic E-state index is 0.683. The molecule has 1 aliphatic carbocycles. The zero-order valence-corrected chi connectivity index (χ0v) is 14.9. The Hall–Kier alpha value is -2.12. The summed E-state index contributed by atoms with van der Waals surface area (Å²) in [6.45, 7) is 3.46. The largest absolute Gasteiger partial charge is 0.299 e. The van der Waals surface area contributed by atoms with Crippen LogP contribution in [0.25, 0.3) is 11.1 Å². The maximum atomic E-state index is 2.64. The molecule has 0 fully saturated rings. The molecular formula is C24H27N. The van der Waals surface area contributed by atoms with Crippen LogP contribution in [0.5, 0.6) is 0 Å². The maximum Gasteiger partial charge on any atom is 0.0169 e. The van der Waals surface area contributed by atoms with E-state index in [-0.39, 0.29) is 0 Å². The van der Waals surface area contributed by atoms with Crippen LogP contribution in [0.4, 0.5) is 0 Å². The minimum atomic E-state index is 0.683. The predicted molar refractivity (Wildman–Crippen MR) is 107 cm³/mol. The number of hydrogen-bond acceptors (Lipinski definition) is 1. The summed E-state index contributed by atoms with van der Waals surface area (Å²) in [7, 11) is 0. The standard InChI is InChI=1S/C24H27N/c1-3-9-20(10-4-1)21-15-17-25(18-16-21)19-23-13-7-8-14-24(23)22-11-5-2-6-12-22/h1-6,9-12,14-15,23H,7-8,13,16-19H2. The quantitative estimate of drug-likeness (QED) is 0.699. The van der Waals surface area contributed by atoms with Crippen molar-refractivity contribution in [1.82, 2.24) is 4.90 Å². The molecule has 2 aromatic carbocycles. The monoisotopic (exact) mass is 329 g/mol. The van der Waals surface area contributed by atoms with Gasteiger partial charge < -0.3 is 0 Å². The maximum absolute atomic E-state index is 2.64. The fourth-order valence-corrected chi connectivity index (χ4v) is 4.22. The van der Waals surface area contributed by atoms with Crippen LogP contribution in [0, 0.1) is 5.92 Å². The van der Waals surface area contributed by atoms with Crippen LogP contribution in [0.15, 0.2) is 72.8 Å². The van der Waals surface area contributed by atoms with Crippen molar-refractivity contribution in [3.05, 3.63) is 83.9 Å². The Morgan fingerprint density at radius 1 is 0.840 bits per heavy atom. The molecule has 0 N–H and O–H groups in total. The zero-order valence-electron chi connectivity index (χ0n) is 14.9. The number of allylic oxidation sites excluding steroid dienone is 1. The first-order valence-electron chi connectivity index (χ1n) is 9.62. The Morgan fingerprint density at radius 2 is 1.56 bits per heavy atom. The van der Waals surface area contributed by atoms with Crippen molar-refractivity contribution in [2.24, 2.45) is 5.92 Å². The lowest BCUT2D eigenvalue weighted by atomic mass is 9.83. The van der Waals surface area contributed by atoms with E-state index in [1.54, 1.807) is 5.57 Å². The lowest BCUT2D eigenvalue weighted by Gasteiger charge is -2.33. The van der Waals surface area contributed by atoms with E-state index in [0.29, 0.717) is 5.92 Å². The fourth-order valence-electron chi connectivity index (χ4n) is 4.22.